The Morgan fingerprint density at radius 2 is 2.00 bits per heavy atom. The first kappa shape index (κ1) is 13.5. The number of thioether (sulfide) groups is 1. The van der Waals surface area contributed by atoms with Crippen molar-refractivity contribution in [3.05, 3.63) is 35.9 Å². The molecule has 2 nitrogen and oxygen atoms in total. The monoisotopic (exact) mass is 264 g/mol. The average molecular weight is 264 g/mol. The molecule has 0 aromatic heterocycles. The summed E-state index contributed by atoms with van der Waals surface area (Å²) in [6.45, 7) is 0. The predicted octanol–water partition coefficient (Wildman–Crippen LogP) is 3.65. The van der Waals surface area contributed by atoms with Crippen LogP contribution in [0.25, 0.3) is 0 Å². The van der Waals surface area contributed by atoms with Gasteiger partial charge in [-0.3, -0.25) is 4.79 Å². The van der Waals surface area contributed by atoms with Gasteiger partial charge in [0, 0.05) is 11.0 Å². The molecule has 3 heteroatoms. The number of carbonyl (C=O) groups is 1. The topological polar surface area (TPSA) is 26.3 Å². The standard InChI is InChI=1S/C15H20O2S/c1-17-15(16)13-9-5-6-10-14(13)18-11-12-7-3-2-4-8-12/h2-4,7-8,13-14H,5-6,9-11H2,1H3/t13-,14+/m0/s1. The number of rotatable bonds is 4. The third-order valence-corrected chi connectivity index (χ3v) is 5.01. The van der Waals surface area contributed by atoms with Crippen LogP contribution in [0.3, 0.4) is 0 Å². The van der Waals surface area contributed by atoms with E-state index in [1.807, 2.05) is 17.8 Å². The molecular formula is C15H20O2S. The van der Waals surface area contributed by atoms with Crippen LogP contribution in [0.1, 0.15) is 31.2 Å². The lowest BCUT2D eigenvalue weighted by molar-refractivity contribution is -0.146. The highest BCUT2D eigenvalue weighted by Gasteiger charge is 2.31. The molecule has 0 bridgehead atoms. The molecule has 2 rings (SSSR count). The second-order valence-corrected chi connectivity index (χ2v) is 5.98. The summed E-state index contributed by atoms with van der Waals surface area (Å²) in [4.78, 5) is 11.8. The van der Waals surface area contributed by atoms with Gasteiger partial charge in [-0.1, -0.05) is 43.2 Å². The van der Waals surface area contributed by atoms with E-state index in [9.17, 15) is 4.79 Å². The van der Waals surface area contributed by atoms with Gasteiger partial charge >= 0.3 is 5.97 Å². The minimum absolute atomic E-state index is 0.0275. The molecule has 1 aliphatic carbocycles. The lowest BCUT2D eigenvalue weighted by Crippen LogP contribution is -2.30. The summed E-state index contributed by atoms with van der Waals surface area (Å²) >= 11 is 1.90. The summed E-state index contributed by atoms with van der Waals surface area (Å²) in [6.07, 6.45) is 4.51. The zero-order chi connectivity index (χ0) is 12.8. The lowest BCUT2D eigenvalue weighted by atomic mass is 9.89. The van der Waals surface area contributed by atoms with Crippen LogP contribution in [0.5, 0.6) is 0 Å². The number of esters is 1. The molecule has 0 N–H and O–H groups in total. The molecule has 0 saturated heterocycles. The number of benzene rings is 1. The molecule has 1 aromatic rings. The molecule has 1 saturated carbocycles. The van der Waals surface area contributed by atoms with Crippen molar-refractivity contribution in [3.8, 4) is 0 Å². The third kappa shape index (κ3) is 3.52. The molecule has 0 radical (unpaired) electrons. The summed E-state index contributed by atoms with van der Waals surface area (Å²) in [7, 11) is 1.50. The van der Waals surface area contributed by atoms with Crippen molar-refractivity contribution in [1.29, 1.82) is 0 Å². The van der Waals surface area contributed by atoms with Crippen molar-refractivity contribution in [2.45, 2.75) is 36.7 Å². The lowest BCUT2D eigenvalue weighted by Gasteiger charge is -2.29. The van der Waals surface area contributed by atoms with Crippen LogP contribution >= 0.6 is 11.8 Å². The van der Waals surface area contributed by atoms with Gasteiger partial charge in [0.05, 0.1) is 13.0 Å². The molecular weight excluding hydrogens is 244 g/mol. The smallest absolute Gasteiger partial charge is 0.309 e. The summed E-state index contributed by atoms with van der Waals surface area (Å²) < 4.78 is 4.92. The summed E-state index contributed by atoms with van der Waals surface area (Å²) in [5.41, 5.74) is 1.33. The molecule has 0 spiro atoms. The molecule has 1 aliphatic rings. The molecule has 0 amide bonds. The van der Waals surface area contributed by atoms with Gasteiger partial charge in [-0.25, -0.2) is 0 Å². The maximum Gasteiger partial charge on any atom is 0.309 e. The minimum atomic E-state index is -0.0275. The molecule has 0 unspecified atom stereocenters. The Hall–Kier alpha value is -0.960. The van der Waals surface area contributed by atoms with Crippen LogP contribution in [0, 0.1) is 5.92 Å². The van der Waals surface area contributed by atoms with Gasteiger partial charge in [0.25, 0.3) is 0 Å². The van der Waals surface area contributed by atoms with Crippen molar-refractivity contribution >= 4 is 17.7 Å². The number of carbonyl (C=O) groups excluding carboxylic acids is 1. The molecule has 0 heterocycles. The van der Waals surface area contributed by atoms with Crippen molar-refractivity contribution < 1.29 is 9.53 Å². The van der Waals surface area contributed by atoms with Gasteiger partial charge in [-0.05, 0) is 18.4 Å². The fourth-order valence-electron chi connectivity index (χ4n) is 2.49. The van der Waals surface area contributed by atoms with E-state index < -0.39 is 0 Å². The van der Waals surface area contributed by atoms with E-state index in [4.69, 9.17) is 4.74 Å². The second-order valence-electron chi connectivity index (χ2n) is 4.75. The maximum atomic E-state index is 11.8. The van der Waals surface area contributed by atoms with Gasteiger partial charge in [0.1, 0.15) is 0 Å². The Kier molecular flexibility index (Phi) is 5.12. The fraction of sp³-hybridized carbons (Fsp3) is 0.533. The molecule has 18 heavy (non-hydrogen) atoms. The quantitative estimate of drug-likeness (QED) is 0.776. The minimum Gasteiger partial charge on any atom is -0.469 e. The third-order valence-electron chi connectivity index (χ3n) is 3.51. The fourth-order valence-corrected chi connectivity index (χ4v) is 3.91. The highest BCUT2D eigenvalue weighted by molar-refractivity contribution is 7.99. The SMILES string of the molecule is COC(=O)[C@H]1CCCC[C@H]1SCc1ccccc1. The van der Waals surface area contributed by atoms with Gasteiger partial charge < -0.3 is 4.74 Å². The normalized spacial score (nSPS) is 23.6. The zero-order valence-electron chi connectivity index (χ0n) is 10.8. The first-order chi connectivity index (χ1) is 8.81. The average Bonchev–Trinajstić information content (AvgIpc) is 2.45. The van der Waals surface area contributed by atoms with Crippen LogP contribution in [0.4, 0.5) is 0 Å². The molecule has 2 atom stereocenters. The van der Waals surface area contributed by atoms with E-state index in [0.29, 0.717) is 5.25 Å². The predicted molar refractivity (Wildman–Crippen MR) is 75.5 cm³/mol. The molecule has 0 aliphatic heterocycles. The van der Waals surface area contributed by atoms with Crippen molar-refractivity contribution in [2.24, 2.45) is 5.92 Å². The number of hydrogen-bond donors (Lipinski definition) is 0. The van der Waals surface area contributed by atoms with Gasteiger partial charge in [0.2, 0.25) is 0 Å². The van der Waals surface area contributed by atoms with Gasteiger partial charge in [0.15, 0.2) is 0 Å². The molecule has 1 aromatic carbocycles. The van der Waals surface area contributed by atoms with Crippen LogP contribution in [-0.4, -0.2) is 18.3 Å². The Bertz CT molecular complexity index is 377. The number of methoxy groups -OCH3 is 1. The van der Waals surface area contributed by atoms with Gasteiger partial charge in [-0.15, -0.1) is 0 Å². The molecule has 1 fully saturated rings. The van der Waals surface area contributed by atoms with E-state index >= 15 is 0 Å². The van der Waals surface area contributed by atoms with Crippen molar-refractivity contribution in [1.82, 2.24) is 0 Å². The second kappa shape index (κ2) is 6.83. The summed E-state index contributed by atoms with van der Waals surface area (Å²) in [5.74, 6) is 1.05. The summed E-state index contributed by atoms with van der Waals surface area (Å²) in [6, 6.07) is 10.4. The molecule has 98 valence electrons. The number of hydrogen-bond acceptors (Lipinski definition) is 3. The van der Waals surface area contributed by atoms with Crippen molar-refractivity contribution in [3.63, 3.8) is 0 Å². The van der Waals surface area contributed by atoms with Gasteiger partial charge in [-0.2, -0.15) is 11.8 Å². The Labute approximate surface area is 113 Å². The van der Waals surface area contributed by atoms with Crippen LogP contribution in [0.15, 0.2) is 30.3 Å². The zero-order valence-corrected chi connectivity index (χ0v) is 11.6. The van der Waals surface area contributed by atoms with Crippen LogP contribution in [0.2, 0.25) is 0 Å². The van der Waals surface area contributed by atoms with E-state index in [2.05, 4.69) is 24.3 Å². The summed E-state index contributed by atoms with van der Waals surface area (Å²) in [5, 5.41) is 0.423. The Morgan fingerprint density at radius 1 is 1.28 bits per heavy atom. The van der Waals surface area contributed by atoms with Crippen molar-refractivity contribution in [2.75, 3.05) is 7.11 Å². The maximum absolute atomic E-state index is 11.8. The van der Waals surface area contributed by atoms with Crippen LogP contribution in [-0.2, 0) is 15.3 Å². The Morgan fingerprint density at radius 3 is 2.72 bits per heavy atom. The highest BCUT2D eigenvalue weighted by Crippen LogP contribution is 2.35. The highest BCUT2D eigenvalue weighted by atomic mass is 32.2. The first-order valence-corrected chi connectivity index (χ1v) is 7.59. The van der Waals surface area contributed by atoms with Crippen LogP contribution < -0.4 is 0 Å². The number of ether oxygens (including phenoxy) is 1. The Balaban J connectivity index is 1.91. The van der Waals surface area contributed by atoms with E-state index in [0.717, 1.165) is 25.0 Å². The first-order valence-electron chi connectivity index (χ1n) is 6.54. The van der Waals surface area contributed by atoms with E-state index in [-0.39, 0.29) is 11.9 Å². The van der Waals surface area contributed by atoms with E-state index in [1.165, 1.54) is 19.1 Å². The van der Waals surface area contributed by atoms with E-state index in [1.54, 1.807) is 0 Å². The largest absolute Gasteiger partial charge is 0.469 e.